The molecule has 114 valence electrons. The van der Waals surface area contributed by atoms with Crippen molar-refractivity contribution in [3.8, 4) is 5.75 Å². The normalized spacial score (nSPS) is 9.04. The van der Waals surface area contributed by atoms with Crippen LogP contribution < -0.4 is 118 Å². The van der Waals surface area contributed by atoms with E-state index in [1.54, 1.807) is 12.1 Å². The summed E-state index contributed by atoms with van der Waals surface area (Å²) in [4.78, 5) is 22.9. The summed E-state index contributed by atoms with van der Waals surface area (Å²) in [6, 6.07) is 5.39. The number of fused-ring (bicyclic) bond motifs is 1. The van der Waals surface area contributed by atoms with Crippen LogP contribution in [-0.2, 0) is 4.74 Å². The van der Waals surface area contributed by atoms with Gasteiger partial charge in [0.1, 0.15) is 5.75 Å². The molecule has 1 aromatic heterocycles. The summed E-state index contributed by atoms with van der Waals surface area (Å²) in [5.41, 5.74) is 1.35. The number of ether oxygens (including phenoxy) is 2. The largest absolute Gasteiger partial charge is 1.00 e. The Labute approximate surface area is 219 Å². The smallest absolute Gasteiger partial charge is 0.652 e. The summed E-state index contributed by atoms with van der Waals surface area (Å²) in [6.45, 7) is 3.90. The Morgan fingerprint density at radius 2 is 1.74 bits per heavy atom. The van der Waals surface area contributed by atoms with Gasteiger partial charge in [-0.05, 0) is 38.2 Å². The van der Waals surface area contributed by atoms with E-state index >= 15 is 0 Å². The van der Waals surface area contributed by atoms with Gasteiger partial charge in [-0.2, -0.15) is 0 Å². The molecule has 0 bridgehead atoms. The maximum absolute atomic E-state index is 11.5. The first-order valence-corrected chi connectivity index (χ1v) is 6.09. The van der Waals surface area contributed by atoms with E-state index in [0.717, 1.165) is 10.9 Å². The molecule has 23 heavy (non-hydrogen) atoms. The second-order valence-electron chi connectivity index (χ2n) is 4.32. The SMILES string of the molecule is COC(=O)c1cc(OC(C)C)c2cc[nH]c2c1.O=C([O-])[O-].[K+].[K+]. The van der Waals surface area contributed by atoms with Crippen LogP contribution >= 0.6 is 0 Å². The molecule has 0 spiro atoms. The third-order valence-corrected chi connectivity index (χ3v) is 2.41. The van der Waals surface area contributed by atoms with E-state index in [-0.39, 0.29) is 115 Å². The first-order chi connectivity index (χ1) is 9.85. The Bertz CT molecular complexity index is 637. The van der Waals surface area contributed by atoms with Gasteiger partial charge in [-0.1, -0.05) is 0 Å². The molecule has 0 aliphatic carbocycles. The van der Waals surface area contributed by atoms with Crippen LogP contribution in [0.15, 0.2) is 24.4 Å². The zero-order valence-electron chi connectivity index (χ0n) is 13.8. The Morgan fingerprint density at radius 3 is 2.22 bits per heavy atom. The molecule has 0 saturated heterocycles. The maximum atomic E-state index is 11.5. The van der Waals surface area contributed by atoms with Gasteiger partial charge in [-0.15, -0.1) is 0 Å². The van der Waals surface area contributed by atoms with Crippen LogP contribution in [0.5, 0.6) is 5.75 Å². The minimum absolute atomic E-state index is 0. The van der Waals surface area contributed by atoms with E-state index in [0.29, 0.717) is 11.3 Å². The van der Waals surface area contributed by atoms with Gasteiger partial charge in [-0.25, -0.2) is 4.79 Å². The number of H-pyrrole nitrogens is 1. The van der Waals surface area contributed by atoms with Crippen LogP contribution in [-0.4, -0.2) is 30.3 Å². The van der Waals surface area contributed by atoms with Crippen molar-refractivity contribution in [1.82, 2.24) is 4.98 Å². The summed E-state index contributed by atoms with van der Waals surface area (Å²) in [5.74, 6) is 0.328. The first-order valence-electron chi connectivity index (χ1n) is 6.09. The zero-order chi connectivity index (χ0) is 16.0. The molecule has 1 heterocycles. The molecule has 7 nitrogen and oxygen atoms in total. The summed E-state index contributed by atoms with van der Waals surface area (Å²) in [6.07, 6.45) is -0.458. The molecule has 0 fully saturated rings. The first kappa shape index (κ1) is 25.8. The van der Waals surface area contributed by atoms with Gasteiger partial charge in [0.2, 0.25) is 0 Å². The molecule has 1 N–H and O–H groups in total. The van der Waals surface area contributed by atoms with Gasteiger partial charge in [0.15, 0.2) is 0 Å². The van der Waals surface area contributed by atoms with Crippen molar-refractivity contribution in [3.05, 3.63) is 30.0 Å². The number of aromatic amines is 1. The van der Waals surface area contributed by atoms with E-state index in [2.05, 4.69) is 4.98 Å². The van der Waals surface area contributed by atoms with Gasteiger partial charge in [0, 0.05) is 17.1 Å². The van der Waals surface area contributed by atoms with Crippen LogP contribution in [0.4, 0.5) is 4.79 Å². The number of esters is 1. The Morgan fingerprint density at radius 1 is 1.17 bits per heavy atom. The van der Waals surface area contributed by atoms with E-state index in [4.69, 9.17) is 24.5 Å². The average Bonchev–Trinajstić information content (AvgIpc) is 2.84. The molecule has 0 aliphatic heterocycles. The van der Waals surface area contributed by atoms with Gasteiger partial charge in [0.05, 0.1) is 18.8 Å². The van der Waals surface area contributed by atoms with Crippen molar-refractivity contribution in [2.45, 2.75) is 20.0 Å². The van der Waals surface area contributed by atoms with Gasteiger partial charge >= 0.3 is 109 Å². The number of aromatic nitrogens is 1. The molecule has 0 saturated carbocycles. The van der Waals surface area contributed by atoms with Gasteiger partial charge in [-0.3, -0.25) is 0 Å². The zero-order valence-corrected chi connectivity index (χ0v) is 20.1. The van der Waals surface area contributed by atoms with Crippen molar-refractivity contribution in [1.29, 1.82) is 0 Å². The number of rotatable bonds is 3. The quantitative estimate of drug-likeness (QED) is 0.425. The Balaban J connectivity index is 0. The van der Waals surface area contributed by atoms with Crippen LogP contribution in [0.2, 0.25) is 0 Å². The number of nitrogens with one attached hydrogen (secondary N) is 1. The molecule has 2 aromatic rings. The van der Waals surface area contributed by atoms with Crippen LogP contribution in [0.1, 0.15) is 24.2 Å². The maximum Gasteiger partial charge on any atom is 1.00 e. The second-order valence-corrected chi connectivity index (χ2v) is 4.32. The molecular formula is C14H15K2NO6. The molecule has 0 unspecified atom stereocenters. The fourth-order valence-electron chi connectivity index (χ4n) is 1.72. The van der Waals surface area contributed by atoms with E-state index in [1.807, 2.05) is 26.1 Å². The molecule has 2 rings (SSSR count). The average molecular weight is 371 g/mol. The van der Waals surface area contributed by atoms with E-state index in [9.17, 15) is 4.79 Å². The molecule has 0 atom stereocenters. The molecule has 1 aromatic carbocycles. The number of methoxy groups -OCH3 is 1. The molecule has 9 heteroatoms. The number of hydrogen-bond acceptors (Lipinski definition) is 6. The number of carbonyl (C=O) groups excluding carboxylic acids is 2. The molecular weight excluding hydrogens is 356 g/mol. The minimum atomic E-state index is -2.33. The van der Waals surface area contributed by atoms with Gasteiger partial charge in [0.25, 0.3) is 0 Å². The summed E-state index contributed by atoms with van der Waals surface area (Å²) in [7, 11) is 1.37. The van der Waals surface area contributed by atoms with Crippen LogP contribution in [0.3, 0.4) is 0 Å². The van der Waals surface area contributed by atoms with Crippen molar-refractivity contribution < 1.29 is 132 Å². The minimum Gasteiger partial charge on any atom is -0.652 e. The fourth-order valence-corrected chi connectivity index (χ4v) is 1.72. The Hall–Kier alpha value is 0.573. The summed E-state index contributed by atoms with van der Waals surface area (Å²) >= 11 is 0. The van der Waals surface area contributed by atoms with E-state index in [1.165, 1.54) is 7.11 Å². The predicted molar refractivity (Wildman–Crippen MR) is 70.8 cm³/mol. The topological polar surface area (TPSA) is 115 Å². The number of carboxylic acid groups (broad SMARTS) is 2. The number of hydrogen-bond donors (Lipinski definition) is 1. The third-order valence-electron chi connectivity index (χ3n) is 2.41. The fraction of sp³-hybridized carbons (Fsp3) is 0.286. The third kappa shape index (κ3) is 9.00. The monoisotopic (exact) mass is 371 g/mol. The molecule has 0 amide bonds. The standard InChI is InChI=1S/C13H15NO3.CH2O3.2K/c1-8(2)17-12-7-9(13(15)16-3)6-11-10(12)4-5-14-11;2-1(3)4;;/h4-8,14H,1-3H3;(H2,2,3,4);;/q;;2*+1/p-2. The van der Waals surface area contributed by atoms with Gasteiger partial charge < -0.3 is 29.5 Å². The van der Waals surface area contributed by atoms with Crippen molar-refractivity contribution >= 4 is 23.0 Å². The summed E-state index contributed by atoms with van der Waals surface area (Å²) in [5, 5.41) is 17.6. The van der Waals surface area contributed by atoms with Crippen molar-refractivity contribution in [2.24, 2.45) is 0 Å². The predicted octanol–water partition coefficient (Wildman–Crippen LogP) is -5.70. The second kappa shape index (κ2) is 12.9. The van der Waals surface area contributed by atoms with Crippen LogP contribution in [0.25, 0.3) is 10.9 Å². The van der Waals surface area contributed by atoms with E-state index < -0.39 is 6.16 Å². The molecule has 0 aliphatic rings. The van der Waals surface area contributed by atoms with Crippen LogP contribution in [0, 0.1) is 0 Å². The summed E-state index contributed by atoms with van der Waals surface area (Å²) < 4.78 is 10.4. The van der Waals surface area contributed by atoms with Crippen molar-refractivity contribution in [3.63, 3.8) is 0 Å². The Kier molecular flexibility index (Phi) is 14.4. The molecule has 0 radical (unpaired) electrons. The number of benzene rings is 1. The number of carbonyl (C=O) groups is 2. The van der Waals surface area contributed by atoms with Crippen molar-refractivity contribution in [2.75, 3.05) is 7.11 Å².